The fourth-order valence-corrected chi connectivity index (χ4v) is 3.30. The molecule has 12 heteroatoms. The molecule has 0 fully saturated rings. The highest BCUT2D eigenvalue weighted by atomic mass is 16.4. The van der Waals surface area contributed by atoms with Gasteiger partial charge in [-0.15, -0.1) is 0 Å². The van der Waals surface area contributed by atoms with E-state index < -0.39 is 47.9 Å². The minimum Gasteiger partial charge on any atom is -0.480 e. The smallest absolute Gasteiger partial charge is 0.326 e. The molecular formula is C23H45N7O5. The second kappa shape index (κ2) is 15.9. The number of nitrogens with zero attached hydrogens (tertiary/aromatic N) is 1. The van der Waals surface area contributed by atoms with E-state index in [0.717, 1.165) is 0 Å². The van der Waals surface area contributed by atoms with Crippen molar-refractivity contribution in [1.82, 2.24) is 16.0 Å². The molecule has 0 aromatic carbocycles. The summed E-state index contributed by atoms with van der Waals surface area (Å²) in [6.07, 6.45) is 1.45. The maximum absolute atomic E-state index is 13.1. The first-order chi connectivity index (χ1) is 16.2. The standard InChI is InChI=1S/C23H45N7O5/c1-7-14(6)17(24)20(32)30-18(13(4)5)21(33)28-15(9-8-10-27-23(25)26)19(31)29-16(22(34)35)11-12(2)3/h12-18H,7-11,24H2,1-6H3,(H,28,33)(H,29,31)(H,30,32)(H,34,35)(H4,25,26,27). The fraction of sp³-hybridized carbons (Fsp3) is 0.783. The van der Waals surface area contributed by atoms with Crippen LogP contribution in [0.2, 0.25) is 0 Å². The molecule has 0 aliphatic carbocycles. The van der Waals surface area contributed by atoms with Crippen LogP contribution in [0, 0.1) is 17.8 Å². The zero-order chi connectivity index (χ0) is 27.3. The van der Waals surface area contributed by atoms with Gasteiger partial charge in [0.1, 0.15) is 18.1 Å². The van der Waals surface area contributed by atoms with Crippen LogP contribution in [0.1, 0.15) is 67.2 Å². The van der Waals surface area contributed by atoms with Gasteiger partial charge in [0.2, 0.25) is 17.7 Å². The molecule has 0 spiro atoms. The molecule has 12 nitrogen and oxygen atoms in total. The predicted octanol–water partition coefficient (Wildman–Crippen LogP) is -0.345. The molecule has 0 saturated heterocycles. The van der Waals surface area contributed by atoms with E-state index in [2.05, 4.69) is 20.9 Å². The number of guanidine groups is 1. The van der Waals surface area contributed by atoms with Gasteiger partial charge in [-0.3, -0.25) is 19.4 Å². The first kappa shape index (κ1) is 32.1. The number of carbonyl (C=O) groups excluding carboxylic acids is 3. The van der Waals surface area contributed by atoms with Gasteiger partial charge in [0, 0.05) is 6.54 Å². The number of hydrogen-bond acceptors (Lipinski definition) is 6. The zero-order valence-electron chi connectivity index (χ0n) is 21.8. The van der Waals surface area contributed by atoms with Crippen molar-refractivity contribution in [2.24, 2.45) is 39.9 Å². The van der Waals surface area contributed by atoms with E-state index in [1.54, 1.807) is 13.8 Å². The van der Waals surface area contributed by atoms with Crippen LogP contribution < -0.4 is 33.2 Å². The number of amides is 3. The third-order valence-electron chi connectivity index (χ3n) is 5.71. The summed E-state index contributed by atoms with van der Waals surface area (Å²) in [5.74, 6) is -3.26. The summed E-state index contributed by atoms with van der Waals surface area (Å²) in [5.41, 5.74) is 16.7. The van der Waals surface area contributed by atoms with Crippen molar-refractivity contribution >= 4 is 29.7 Å². The average molecular weight is 500 g/mol. The van der Waals surface area contributed by atoms with Crippen LogP contribution in [-0.4, -0.2) is 65.5 Å². The van der Waals surface area contributed by atoms with Gasteiger partial charge in [0.15, 0.2) is 5.96 Å². The lowest BCUT2D eigenvalue weighted by atomic mass is 9.97. The Morgan fingerprint density at radius 1 is 0.886 bits per heavy atom. The molecule has 5 unspecified atom stereocenters. The lowest BCUT2D eigenvalue weighted by Crippen LogP contribution is -2.59. The van der Waals surface area contributed by atoms with Gasteiger partial charge in [-0.2, -0.15) is 0 Å². The van der Waals surface area contributed by atoms with Crippen LogP contribution in [0.4, 0.5) is 0 Å². The van der Waals surface area contributed by atoms with Crippen LogP contribution in [0.15, 0.2) is 4.99 Å². The molecule has 202 valence electrons. The minimum absolute atomic E-state index is 0.0292. The number of aliphatic imine (C=N–C) groups is 1. The number of nitrogens with two attached hydrogens (primary N) is 3. The van der Waals surface area contributed by atoms with E-state index >= 15 is 0 Å². The number of nitrogens with one attached hydrogen (secondary N) is 3. The topological polar surface area (TPSA) is 215 Å². The normalized spacial score (nSPS) is 15.5. The van der Waals surface area contributed by atoms with Crippen molar-refractivity contribution in [2.45, 2.75) is 91.4 Å². The molecule has 0 aliphatic heterocycles. The van der Waals surface area contributed by atoms with Crippen LogP contribution in [0.5, 0.6) is 0 Å². The first-order valence-electron chi connectivity index (χ1n) is 12.2. The van der Waals surface area contributed by atoms with Crippen molar-refractivity contribution in [3.8, 4) is 0 Å². The van der Waals surface area contributed by atoms with Crippen molar-refractivity contribution in [2.75, 3.05) is 6.54 Å². The largest absolute Gasteiger partial charge is 0.480 e. The summed E-state index contributed by atoms with van der Waals surface area (Å²) < 4.78 is 0. The Balaban J connectivity index is 5.60. The summed E-state index contributed by atoms with van der Waals surface area (Å²) >= 11 is 0. The van der Waals surface area contributed by atoms with Crippen molar-refractivity contribution in [1.29, 1.82) is 0 Å². The number of carbonyl (C=O) groups is 4. The van der Waals surface area contributed by atoms with Gasteiger partial charge < -0.3 is 38.3 Å². The van der Waals surface area contributed by atoms with Crippen LogP contribution in [0.25, 0.3) is 0 Å². The van der Waals surface area contributed by atoms with E-state index in [1.807, 2.05) is 27.7 Å². The molecule has 10 N–H and O–H groups in total. The lowest BCUT2D eigenvalue weighted by molar-refractivity contribution is -0.143. The third kappa shape index (κ3) is 12.4. The molecule has 0 aromatic heterocycles. The second-order valence-electron chi connectivity index (χ2n) is 9.68. The summed E-state index contributed by atoms with van der Waals surface area (Å²) in [6.45, 7) is 11.2. The quantitative estimate of drug-likeness (QED) is 0.0844. The van der Waals surface area contributed by atoms with Gasteiger partial charge in [0.05, 0.1) is 6.04 Å². The van der Waals surface area contributed by atoms with E-state index in [4.69, 9.17) is 17.2 Å². The highest BCUT2D eigenvalue weighted by molar-refractivity contribution is 5.94. The van der Waals surface area contributed by atoms with Crippen LogP contribution in [0.3, 0.4) is 0 Å². The van der Waals surface area contributed by atoms with E-state index in [1.165, 1.54) is 0 Å². The summed E-state index contributed by atoms with van der Waals surface area (Å²) in [5, 5.41) is 17.3. The molecule has 0 aliphatic rings. The SMILES string of the molecule is CCC(C)C(N)C(=O)NC(C(=O)NC(CCCN=C(N)N)C(=O)NC(CC(C)C)C(=O)O)C(C)C. The summed E-state index contributed by atoms with van der Waals surface area (Å²) in [6, 6.07) is -3.86. The summed E-state index contributed by atoms with van der Waals surface area (Å²) in [7, 11) is 0. The first-order valence-corrected chi connectivity index (χ1v) is 12.2. The Bertz CT molecular complexity index is 738. The monoisotopic (exact) mass is 499 g/mol. The number of carboxylic acids is 1. The zero-order valence-corrected chi connectivity index (χ0v) is 21.8. The maximum Gasteiger partial charge on any atom is 0.326 e. The van der Waals surface area contributed by atoms with Crippen LogP contribution >= 0.6 is 0 Å². The Morgan fingerprint density at radius 2 is 1.46 bits per heavy atom. The molecule has 0 bridgehead atoms. The highest BCUT2D eigenvalue weighted by Gasteiger charge is 2.32. The molecule has 3 amide bonds. The van der Waals surface area contributed by atoms with Gasteiger partial charge in [0.25, 0.3) is 0 Å². The lowest BCUT2D eigenvalue weighted by Gasteiger charge is -2.28. The molecule has 0 aromatic rings. The number of hydrogen-bond donors (Lipinski definition) is 7. The van der Waals surface area contributed by atoms with E-state index in [-0.39, 0.29) is 43.1 Å². The van der Waals surface area contributed by atoms with Gasteiger partial charge >= 0.3 is 5.97 Å². The van der Waals surface area contributed by atoms with Crippen molar-refractivity contribution in [3.63, 3.8) is 0 Å². The number of aliphatic carboxylic acids is 1. The van der Waals surface area contributed by atoms with Crippen LogP contribution in [-0.2, 0) is 19.2 Å². The Hall–Kier alpha value is -2.89. The van der Waals surface area contributed by atoms with Crippen molar-refractivity contribution < 1.29 is 24.3 Å². The number of carboxylic acid groups (broad SMARTS) is 1. The maximum atomic E-state index is 13.1. The Kier molecular flexibility index (Phi) is 14.6. The molecule has 5 atom stereocenters. The van der Waals surface area contributed by atoms with E-state index in [9.17, 15) is 24.3 Å². The van der Waals surface area contributed by atoms with Crippen molar-refractivity contribution in [3.05, 3.63) is 0 Å². The predicted molar refractivity (Wildman–Crippen MR) is 135 cm³/mol. The molecule has 0 rings (SSSR count). The van der Waals surface area contributed by atoms with Gasteiger partial charge in [-0.25, -0.2) is 4.79 Å². The fourth-order valence-electron chi connectivity index (χ4n) is 3.30. The highest BCUT2D eigenvalue weighted by Crippen LogP contribution is 2.10. The molecule has 0 saturated carbocycles. The van der Waals surface area contributed by atoms with Gasteiger partial charge in [-0.05, 0) is 37.0 Å². The molecule has 0 heterocycles. The molecule has 35 heavy (non-hydrogen) atoms. The summed E-state index contributed by atoms with van der Waals surface area (Å²) in [4.78, 5) is 54.1. The number of rotatable bonds is 16. The van der Waals surface area contributed by atoms with E-state index in [0.29, 0.717) is 12.8 Å². The molecular weight excluding hydrogens is 454 g/mol. The average Bonchev–Trinajstić information content (AvgIpc) is 2.76. The third-order valence-corrected chi connectivity index (χ3v) is 5.71. The Labute approximate surface area is 208 Å². The second-order valence-corrected chi connectivity index (χ2v) is 9.68. The minimum atomic E-state index is -1.16. The molecule has 0 radical (unpaired) electrons. The Morgan fingerprint density at radius 3 is 1.91 bits per heavy atom. The van der Waals surface area contributed by atoms with Gasteiger partial charge in [-0.1, -0.05) is 48.0 Å².